The molecule has 0 saturated carbocycles. The zero-order chi connectivity index (χ0) is 20.2. The molecule has 29 heavy (non-hydrogen) atoms. The van der Waals surface area contributed by atoms with Crippen LogP contribution >= 0.6 is 0 Å². The summed E-state index contributed by atoms with van der Waals surface area (Å²) in [5, 5.41) is 2.83. The Hall–Kier alpha value is -3.13. The van der Waals surface area contributed by atoms with Crippen LogP contribution in [0.1, 0.15) is 6.42 Å². The number of hydrogen-bond donors (Lipinski definition) is 1. The van der Waals surface area contributed by atoms with Gasteiger partial charge in [-0.25, -0.2) is 4.98 Å². The molecule has 152 valence electrons. The molecule has 1 aromatic heterocycles. The molecule has 2 aromatic rings. The molecule has 8 heteroatoms. The van der Waals surface area contributed by atoms with E-state index in [1.54, 1.807) is 30.3 Å². The third-order valence-electron chi connectivity index (χ3n) is 5.24. The van der Waals surface area contributed by atoms with E-state index in [1.165, 1.54) is 0 Å². The summed E-state index contributed by atoms with van der Waals surface area (Å²) in [6, 6.07) is 11.0. The Bertz CT molecular complexity index is 881. The minimum Gasteiger partial charge on any atom is -0.497 e. The number of benzene rings is 1. The topological polar surface area (TPSA) is 84.0 Å². The number of amides is 2. The third-order valence-corrected chi connectivity index (χ3v) is 5.24. The number of hydrogen-bond acceptors (Lipinski definition) is 6. The minimum atomic E-state index is -0.422. The number of ether oxygens (including phenoxy) is 2. The summed E-state index contributed by atoms with van der Waals surface area (Å²) in [6.07, 6.45) is 1.93. The van der Waals surface area contributed by atoms with Crippen molar-refractivity contribution in [2.75, 3.05) is 55.1 Å². The lowest BCUT2D eigenvalue weighted by Gasteiger charge is -2.28. The maximum Gasteiger partial charge on any atom is 0.230 e. The van der Waals surface area contributed by atoms with Crippen LogP contribution in [0, 0.1) is 5.92 Å². The Labute approximate surface area is 169 Å². The molecular weight excluding hydrogens is 372 g/mol. The number of rotatable bonds is 5. The summed E-state index contributed by atoms with van der Waals surface area (Å²) in [6.45, 7) is 3.41. The first-order valence-corrected chi connectivity index (χ1v) is 9.68. The molecule has 1 aromatic carbocycles. The molecule has 0 radical (unpaired) electrons. The third kappa shape index (κ3) is 4.32. The van der Waals surface area contributed by atoms with Crippen LogP contribution < -0.4 is 19.9 Å². The zero-order valence-corrected chi connectivity index (χ0v) is 16.3. The lowest BCUT2D eigenvalue weighted by molar-refractivity contribution is -0.122. The molecule has 2 aliphatic heterocycles. The number of nitrogens with one attached hydrogen (secondary N) is 1. The first-order chi connectivity index (χ1) is 14.1. The molecule has 4 rings (SSSR count). The highest BCUT2D eigenvalue weighted by molar-refractivity contribution is 6.03. The highest BCUT2D eigenvalue weighted by Crippen LogP contribution is 2.28. The molecule has 1 atom stereocenters. The Morgan fingerprint density at radius 3 is 2.76 bits per heavy atom. The van der Waals surface area contributed by atoms with Crippen LogP contribution in [0.3, 0.4) is 0 Å². The molecule has 2 aliphatic rings. The van der Waals surface area contributed by atoms with Crippen molar-refractivity contribution < 1.29 is 19.1 Å². The molecule has 0 aliphatic carbocycles. The highest BCUT2D eigenvalue weighted by Gasteiger charge is 2.35. The normalized spacial score (nSPS) is 19.3. The molecule has 0 unspecified atom stereocenters. The van der Waals surface area contributed by atoms with Gasteiger partial charge in [-0.15, -0.1) is 0 Å². The van der Waals surface area contributed by atoms with E-state index >= 15 is 0 Å². The Morgan fingerprint density at radius 2 is 2.03 bits per heavy atom. The van der Waals surface area contributed by atoms with Crippen molar-refractivity contribution in [3.05, 3.63) is 42.6 Å². The van der Waals surface area contributed by atoms with Gasteiger partial charge in [0.05, 0.1) is 38.1 Å². The Balaban J connectivity index is 1.38. The van der Waals surface area contributed by atoms with E-state index in [9.17, 15) is 9.59 Å². The second kappa shape index (κ2) is 8.48. The standard InChI is InChI=1S/C21H24N4O4/c1-28-18-4-2-3-16(12-18)25-14-15(11-20(25)26)21(27)23-19-6-5-17(13-22-19)24-7-9-29-10-8-24/h2-6,12-13,15H,7-11,14H2,1H3,(H,22,23,27)/t15-/m0/s1. The Kier molecular flexibility index (Phi) is 5.62. The van der Waals surface area contributed by atoms with Crippen molar-refractivity contribution in [1.29, 1.82) is 0 Å². The average molecular weight is 396 g/mol. The number of morpholine rings is 1. The van der Waals surface area contributed by atoms with Crippen LogP contribution in [-0.2, 0) is 14.3 Å². The van der Waals surface area contributed by atoms with Gasteiger partial charge in [0.25, 0.3) is 0 Å². The predicted molar refractivity (Wildman–Crippen MR) is 109 cm³/mol. The number of aromatic nitrogens is 1. The molecule has 2 amide bonds. The van der Waals surface area contributed by atoms with Crippen molar-refractivity contribution in [2.45, 2.75) is 6.42 Å². The number of pyridine rings is 1. The summed E-state index contributed by atoms with van der Waals surface area (Å²) in [7, 11) is 1.58. The first kappa shape index (κ1) is 19.2. The maximum absolute atomic E-state index is 12.7. The molecule has 3 heterocycles. The quantitative estimate of drug-likeness (QED) is 0.831. The summed E-state index contributed by atoms with van der Waals surface area (Å²) in [5.74, 6) is 0.464. The predicted octanol–water partition coefficient (Wildman–Crippen LogP) is 1.92. The van der Waals surface area contributed by atoms with Gasteiger partial charge in [0, 0.05) is 37.8 Å². The fraction of sp³-hybridized carbons (Fsp3) is 0.381. The first-order valence-electron chi connectivity index (χ1n) is 9.68. The summed E-state index contributed by atoms with van der Waals surface area (Å²) in [4.78, 5) is 33.3. The van der Waals surface area contributed by atoms with Crippen molar-refractivity contribution in [2.24, 2.45) is 5.92 Å². The van der Waals surface area contributed by atoms with Gasteiger partial charge in [0.15, 0.2) is 0 Å². The van der Waals surface area contributed by atoms with Gasteiger partial charge in [-0.3, -0.25) is 9.59 Å². The Morgan fingerprint density at radius 1 is 1.21 bits per heavy atom. The largest absolute Gasteiger partial charge is 0.497 e. The van der Waals surface area contributed by atoms with Crippen LogP contribution in [0.15, 0.2) is 42.6 Å². The summed E-state index contributed by atoms with van der Waals surface area (Å²) < 4.78 is 10.6. The molecule has 2 saturated heterocycles. The van der Waals surface area contributed by atoms with E-state index in [0.717, 1.165) is 24.5 Å². The number of carbonyl (C=O) groups is 2. The highest BCUT2D eigenvalue weighted by atomic mass is 16.5. The van der Waals surface area contributed by atoms with Crippen LogP contribution in [0.5, 0.6) is 5.75 Å². The summed E-state index contributed by atoms with van der Waals surface area (Å²) >= 11 is 0. The van der Waals surface area contributed by atoms with Crippen molar-refractivity contribution >= 4 is 29.0 Å². The summed E-state index contributed by atoms with van der Waals surface area (Å²) in [5.41, 5.74) is 1.74. The van der Waals surface area contributed by atoms with Gasteiger partial charge in [-0.1, -0.05) is 6.07 Å². The van der Waals surface area contributed by atoms with Crippen molar-refractivity contribution in [3.8, 4) is 5.75 Å². The minimum absolute atomic E-state index is 0.0750. The SMILES string of the molecule is COc1cccc(N2C[C@@H](C(=O)Nc3ccc(N4CCOCC4)cn3)CC2=O)c1. The van der Waals surface area contributed by atoms with Crippen LogP contribution in [0.4, 0.5) is 17.2 Å². The molecule has 2 fully saturated rings. The van der Waals surface area contributed by atoms with Crippen molar-refractivity contribution in [3.63, 3.8) is 0 Å². The molecule has 1 N–H and O–H groups in total. The maximum atomic E-state index is 12.7. The zero-order valence-electron chi connectivity index (χ0n) is 16.3. The van der Waals surface area contributed by atoms with Gasteiger partial charge >= 0.3 is 0 Å². The molecule has 0 spiro atoms. The van der Waals surface area contributed by atoms with Gasteiger partial charge in [0.2, 0.25) is 11.8 Å². The van der Waals surface area contributed by atoms with E-state index in [2.05, 4.69) is 15.2 Å². The van der Waals surface area contributed by atoms with Crippen LogP contribution in [0.2, 0.25) is 0 Å². The van der Waals surface area contributed by atoms with E-state index in [4.69, 9.17) is 9.47 Å². The van der Waals surface area contributed by atoms with E-state index in [-0.39, 0.29) is 18.2 Å². The van der Waals surface area contributed by atoms with Gasteiger partial charge < -0.3 is 24.6 Å². The molecule has 0 bridgehead atoms. The van der Waals surface area contributed by atoms with Crippen molar-refractivity contribution in [1.82, 2.24) is 4.98 Å². The monoisotopic (exact) mass is 396 g/mol. The fourth-order valence-electron chi connectivity index (χ4n) is 3.61. The number of carbonyl (C=O) groups excluding carboxylic acids is 2. The van der Waals surface area contributed by atoms with E-state index < -0.39 is 5.92 Å². The molecular formula is C21H24N4O4. The van der Waals surface area contributed by atoms with Gasteiger partial charge in [-0.05, 0) is 24.3 Å². The average Bonchev–Trinajstić information content (AvgIpc) is 3.17. The van der Waals surface area contributed by atoms with E-state index in [0.29, 0.717) is 31.3 Å². The van der Waals surface area contributed by atoms with E-state index in [1.807, 2.05) is 24.3 Å². The lowest BCUT2D eigenvalue weighted by atomic mass is 10.1. The van der Waals surface area contributed by atoms with Crippen LogP contribution in [0.25, 0.3) is 0 Å². The van der Waals surface area contributed by atoms with Gasteiger partial charge in [0.1, 0.15) is 11.6 Å². The fourth-order valence-corrected chi connectivity index (χ4v) is 3.61. The lowest BCUT2D eigenvalue weighted by Crippen LogP contribution is -2.36. The molecule has 8 nitrogen and oxygen atoms in total. The number of nitrogens with zero attached hydrogens (tertiary/aromatic N) is 3. The second-order valence-corrected chi connectivity index (χ2v) is 7.10. The van der Waals surface area contributed by atoms with Gasteiger partial charge in [-0.2, -0.15) is 0 Å². The number of anilines is 3. The van der Waals surface area contributed by atoms with Crippen LogP contribution in [-0.4, -0.2) is 56.8 Å². The number of methoxy groups -OCH3 is 1. The smallest absolute Gasteiger partial charge is 0.230 e. The second-order valence-electron chi connectivity index (χ2n) is 7.10.